The van der Waals surface area contributed by atoms with Gasteiger partial charge in [-0.05, 0) is 74.1 Å². The molecule has 0 saturated carbocycles. The number of hydrogen-bond donors (Lipinski definition) is 2. The maximum Gasteiger partial charge on any atom is 0.269 e. The van der Waals surface area contributed by atoms with Crippen LogP contribution >= 0.6 is 11.3 Å². The summed E-state index contributed by atoms with van der Waals surface area (Å²) in [6, 6.07) is 10.2. The molecule has 7 nitrogen and oxygen atoms in total. The highest BCUT2D eigenvalue weighted by Gasteiger charge is 2.28. The van der Waals surface area contributed by atoms with Crippen molar-refractivity contribution >= 4 is 42.6 Å². The third kappa shape index (κ3) is 4.58. The van der Waals surface area contributed by atoms with Crippen molar-refractivity contribution in [3.05, 3.63) is 53.1 Å². The minimum atomic E-state index is -3.54. The first-order valence-corrected chi connectivity index (χ1v) is 12.5. The van der Waals surface area contributed by atoms with Gasteiger partial charge in [0, 0.05) is 18.7 Å². The highest BCUT2D eigenvalue weighted by molar-refractivity contribution is 7.89. The Morgan fingerprint density at radius 3 is 2.65 bits per heavy atom. The Morgan fingerprint density at radius 2 is 1.94 bits per heavy atom. The van der Waals surface area contributed by atoms with Crippen molar-refractivity contribution in [2.24, 2.45) is 5.92 Å². The van der Waals surface area contributed by atoms with Gasteiger partial charge in [0.15, 0.2) is 0 Å². The average Bonchev–Trinajstić information content (AvgIpc) is 3.15. The van der Waals surface area contributed by atoms with Crippen molar-refractivity contribution < 1.29 is 13.2 Å². The van der Waals surface area contributed by atoms with E-state index < -0.39 is 10.0 Å². The van der Waals surface area contributed by atoms with E-state index in [2.05, 4.69) is 28.8 Å². The summed E-state index contributed by atoms with van der Waals surface area (Å²) in [5, 5.41) is 0.593. The molecular weight excluding hydrogens is 432 g/mol. The molecule has 0 radical (unpaired) electrons. The Labute approximate surface area is 186 Å². The first-order valence-electron chi connectivity index (χ1n) is 10.3. The molecule has 164 valence electrons. The van der Waals surface area contributed by atoms with Gasteiger partial charge in [0.1, 0.15) is 0 Å². The second-order valence-corrected chi connectivity index (χ2v) is 11.1. The SMILES string of the molecule is Cc1cc(C)c2sc(NNC(=O)c3ccc(S(=O)(=O)N4CCC[C@H](C)C4)cc3)nc2c1. The van der Waals surface area contributed by atoms with Crippen LogP contribution in [0.2, 0.25) is 0 Å². The Hall–Kier alpha value is -2.49. The minimum absolute atomic E-state index is 0.211. The molecule has 3 aromatic rings. The molecule has 1 atom stereocenters. The number of carbonyl (C=O) groups is 1. The van der Waals surface area contributed by atoms with Crippen LogP contribution in [0.3, 0.4) is 0 Å². The number of anilines is 1. The maximum atomic E-state index is 12.9. The van der Waals surface area contributed by atoms with Gasteiger partial charge in [-0.1, -0.05) is 24.3 Å². The molecular formula is C22H26N4O3S2. The Kier molecular flexibility index (Phi) is 6.00. The van der Waals surface area contributed by atoms with Crippen LogP contribution in [0.15, 0.2) is 41.3 Å². The number of benzene rings is 2. The highest BCUT2D eigenvalue weighted by Crippen LogP contribution is 2.29. The number of amides is 1. The van der Waals surface area contributed by atoms with E-state index in [1.807, 2.05) is 19.9 Å². The number of rotatable bonds is 5. The first kappa shape index (κ1) is 21.7. The van der Waals surface area contributed by atoms with Gasteiger partial charge in [-0.3, -0.25) is 15.6 Å². The molecule has 2 aromatic carbocycles. The van der Waals surface area contributed by atoms with Gasteiger partial charge in [-0.15, -0.1) is 0 Å². The molecule has 2 heterocycles. The van der Waals surface area contributed by atoms with Crippen LogP contribution in [0.1, 0.15) is 41.3 Å². The lowest BCUT2D eigenvalue weighted by Crippen LogP contribution is -2.39. The van der Waals surface area contributed by atoms with E-state index in [1.54, 1.807) is 0 Å². The minimum Gasteiger partial charge on any atom is -0.273 e. The fraction of sp³-hybridized carbons (Fsp3) is 0.364. The number of carbonyl (C=O) groups excluding carboxylic acids is 1. The first-order chi connectivity index (χ1) is 14.7. The number of hydrazine groups is 1. The van der Waals surface area contributed by atoms with Crippen molar-refractivity contribution in [2.45, 2.75) is 38.5 Å². The fourth-order valence-corrected chi connectivity index (χ4v) is 6.37. The van der Waals surface area contributed by atoms with E-state index in [1.165, 1.54) is 39.9 Å². The number of aryl methyl sites for hydroxylation is 2. The van der Waals surface area contributed by atoms with Gasteiger partial charge in [-0.2, -0.15) is 4.31 Å². The largest absolute Gasteiger partial charge is 0.273 e. The lowest BCUT2D eigenvalue weighted by atomic mass is 10.0. The number of nitrogens with zero attached hydrogens (tertiary/aromatic N) is 2. The monoisotopic (exact) mass is 458 g/mol. The molecule has 0 bridgehead atoms. The van der Waals surface area contributed by atoms with Crippen LogP contribution in [0, 0.1) is 19.8 Å². The van der Waals surface area contributed by atoms with Crippen LogP contribution in [-0.2, 0) is 10.0 Å². The average molecular weight is 459 g/mol. The molecule has 1 amide bonds. The molecule has 31 heavy (non-hydrogen) atoms. The molecule has 2 N–H and O–H groups in total. The number of aromatic nitrogens is 1. The number of thiazole rings is 1. The standard InChI is InChI=1S/C22H26N4O3S2/c1-14-5-4-10-26(13-14)31(28,29)18-8-6-17(7-9-18)21(27)24-25-22-23-19-12-15(2)11-16(3)20(19)30-22/h6-9,11-12,14H,4-5,10,13H2,1-3H3,(H,23,25)(H,24,27)/t14-/m0/s1. The summed E-state index contributed by atoms with van der Waals surface area (Å²) in [6.45, 7) is 7.21. The van der Waals surface area contributed by atoms with Crippen LogP contribution in [0.25, 0.3) is 10.2 Å². The molecule has 1 saturated heterocycles. The second kappa shape index (κ2) is 8.57. The van der Waals surface area contributed by atoms with Crippen molar-refractivity contribution in [2.75, 3.05) is 18.5 Å². The van der Waals surface area contributed by atoms with Gasteiger partial charge >= 0.3 is 0 Å². The fourth-order valence-electron chi connectivity index (χ4n) is 3.90. The summed E-state index contributed by atoms with van der Waals surface area (Å²) in [5.74, 6) is -0.00226. The Balaban J connectivity index is 1.43. The van der Waals surface area contributed by atoms with E-state index in [-0.39, 0.29) is 10.8 Å². The summed E-state index contributed by atoms with van der Waals surface area (Å²) in [5.41, 5.74) is 9.04. The Bertz CT molecular complexity index is 1220. The highest BCUT2D eigenvalue weighted by atomic mass is 32.2. The van der Waals surface area contributed by atoms with Crippen LogP contribution in [0.4, 0.5) is 5.13 Å². The maximum absolute atomic E-state index is 12.9. The van der Waals surface area contributed by atoms with Gasteiger partial charge in [-0.25, -0.2) is 13.4 Å². The summed E-state index contributed by atoms with van der Waals surface area (Å²) in [7, 11) is -3.54. The zero-order chi connectivity index (χ0) is 22.2. The third-order valence-corrected chi connectivity index (χ3v) is 8.48. The molecule has 0 aliphatic carbocycles. The molecule has 1 aliphatic rings. The summed E-state index contributed by atoms with van der Waals surface area (Å²) >= 11 is 1.47. The topological polar surface area (TPSA) is 91.4 Å². The molecule has 4 rings (SSSR count). The molecule has 9 heteroatoms. The summed E-state index contributed by atoms with van der Waals surface area (Å²) in [4.78, 5) is 17.2. The van der Waals surface area contributed by atoms with Gasteiger partial charge in [0.2, 0.25) is 15.2 Å². The van der Waals surface area contributed by atoms with Gasteiger partial charge < -0.3 is 0 Å². The lowest BCUT2D eigenvalue weighted by Gasteiger charge is -2.30. The molecule has 1 aliphatic heterocycles. The van der Waals surface area contributed by atoms with E-state index in [9.17, 15) is 13.2 Å². The molecule has 0 unspecified atom stereocenters. The molecule has 1 aromatic heterocycles. The van der Waals surface area contributed by atoms with E-state index >= 15 is 0 Å². The number of sulfonamides is 1. The van der Waals surface area contributed by atoms with Crippen LogP contribution < -0.4 is 10.9 Å². The van der Waals surface area contributed by atoms with Crippen molar-refractivity contribution in [1.82, 2.24) is 14.7 Å². The molecule has 0 spiro atoms. The Morgan fingerprint density at radius 1 is 1.19 bits per heavy atom. The zero-order valence-electron chi connectivity index (χ0n) is 17.8. The van der Waals surface area contributed by atoms with Gasteiger partial charge in [0.05, 0.1) is 15.1 Å². The number of nitrogens with one attached hydrogen (secondary N) is 2. The van der Waals surface area contributed by atoms with Crippen molar-refractivity contribution in [1.29, 1.82) is 0 Å². The molecule has 1 fully saturated rings. The summed E-state index contributed by atoms with van der Waals surface area (Å²) in [6.07, 6.45) is 1.92. The quantitative estimate of drug-likeness (QED) is 0.562. The van der Waals surface area contributed by atoms with Crippen molar-refractivity contribution in [3.63, 3.8) is 0 Å². The number of piperidine rings is 1. The number of hydrogen-bond acceptors (Lipinski definition) is 6. The second-order valence-electron chi connectivity index (χ2n) is 8.16. The predicted octanol–water partition coefficient (Wildman–Crippen LogP) is 4.09. The van der Waals surface area contributed by atoms with E-state index in [0.29, 0.717) is 29.7 Å². The third-order valence-electron chi connectivity index (χ3n) is 5.48. The van der Waals surface area contributed by atoms with Gasteiger partial charge in [0.25, 0.3) is 5.91 Å². The smallest absolute Gasteiger partial charge is 0.269 e. The zero-order valence-corrected chi connectivity index (χ0v) is 19.4. The normalized spacial score (nSPS) is 17.6. The summed E-state index contributed by atoms with van der Waals surface area (Å²) < 4.78 is 28.3. The number of fused-ring (bicyclic) bond motifs is 1. The lowest BCUT2D eigenvalue weighted by molar-refractivity contribution is 0.0962. The van der Waals surface area contributed by atoms with Crippen molar-refractivity contribution in [3.8, 4) is 0 Å². The van der Waals surface area contributed by atoms with E-state index in [4.69, 9.17) is 0 Å². The predicted molar refractivity (Wildman–Crippen MR) is 124 cm³/mol. The van der Waals surface area contributed by atoms with E-state index in [0.717, 1.165) is 34.2 Å². The van der Waals surface area contributed by atoms with Crippen LogP contribution in [0.5, 0.6) is 0 Å². The van der Waals surface area contributed by atoms with Crippen LogP contribution in [-0.4, -0.2) is 36.7 Å².